The summed E-state index contributed by atoms with van der Waals surface area (Å²) in [7, 11) is 2.03. The predicted octanol–water partition coefficient (Wildman–Crippen LogP) is 6.81. The van der Waals surface area contributed by atoms with Crippen molar-refractivity contribution in [3.63, 3.8) is 0 Å². The number of carbonyl (C=O) groups excluding carboxylic acids is 1. The molecule has 0 radical (unpaired) electrons. The Morgan fingerprint density at radius 1 is 0.972 bits per heavy atom. The highest BCUT2D eigenvalue weighted by molar-refractivity contribution is 8.18. The van der Waals surface area contributed by atoms with Gasteiger partial charge in [-0.1, -0.05) is 48.2 Å². The van der Waals surface area contributed by atoms with Gasteiger partial charge in [-0.25, -0.2) is 4.99 Å². The van der Waals surface area contributed by atoms with E-state index in [0.29, 0.717) is 22.3 Å². The molecule has 0 aromatic heterocycles. The number of nitro benzene ring substituents is 1. The lowest BCUT2D eigenvalue weighted by Crippen LogP contribution is -2.28. The second kappa shape index (κ2) is 10.0. The van der Waals surface area contributed by atoms with E-state index < -0.39 is 4.92 Å². The first kappa shape index (κ1) is 23.9. The van der Waals surface area contributed by atoms with E-state index in [0.717, 1.165) is 16.3 Å². The minimum Gasteiger partial charge on any atom is -0.338 e. The molecule has 180 valence electrons. The Morgan fingerprint density at radius 3 is 2.42 bits per heavy atom. The van der Waals surface area contributed by atoms with Crippen molar-refractivity contribution in [1.29, 1.82) is 0 Å². The molecule has 0 N–H and O–H groups in total. The predicted molar refractivity (Wildman–Crippen MR) is 147 cm³/mol. The number of allylic oxidation sites excluding steroid dienone is 2. The van der Waals surface area contributed by atoms with Crippen LogP contribution in [0.4, 0.5) is 17.1 Å². The Morgan fingerprint density at radius 2 is 1.72 bits per heavy atom. The van der Waals surface area contributed by atoms with E-state index in [1.165, 1.54) is 34.4 Å². The van der Waals surface area contributed by atoms with Gasteiger partial charge in [0.25, 0.3) is 11.6 Å². The lowest BCUT2D eigenvalue weighted by Gasteiger charge is -2.14. The fourth-order valence-corrected chi connectivity index (χ4v) is 5.95. The molecule has 3 aromatic carbocycles. The fraction of sp³-hybridized carbons (Fsp3) is 0.111. The second-order valence-corrected chi connectivity index (χ2v) is 10.1. The Balaban J connectivity index is 1.37. The van der Waals surface area contributed by atoms with Crippen LogP contribution in [0.2, 0.25) is 0 Å². The van der Waals surface area contributed by atoms with E-state index in [9.17, 15) is 14.9 Å². The van der Waals surface area contributed by atoms with E-state index in [2.05, 4.69) is 40.2 Å². The summed E-state index contributed by atoms with van der Waals surface area (Å²) in [6.45, 7) is 2.38. The molecule has 2 aliphatic heterocycles. The standard InChI is InChI=1S/C27H22N4O3S2/c1-3-30-26(32)24(36-27(30)28-20-10-12-21(13-11-20)31(33)34)15-16-25-29(2)22-17-19(9-14-23(22)35-25)18-7-5-4-6-8-18/h4-17H,3H2,1-2H3/b24-15+,25-16-,28-27?. The maximum absolute atomic E-state index is 13.0. The van der Waals surface area contributed by atoms with E-state index in [1.807, 2.05) is 44.3 Å². The molecule has 0 spiro atoms. The number of aliphatic imine (C=N–C) groups is 1. The molecule has 1 amide bonds. The van der Waals surface area contributed by atoms with Crippen molar-refractivity contribution < 1.29 is 9.72 Å². The molecule has 9 heteroatoms. The van der Waals surface area contributed by atoms with Gasteiger partial charge in [0.15, 0.2) is 5.17 Å². The monoisotopic (exact) mass is 514 g/mol. The molecule has 0 bridgehead atoms. The third kappa shape index (κ3) is 4.67. The van der Waals surface area contributed by atoms with E-state index in [-0.39, 0.29) is 11.6 Å². The summed E-state index contributed by atoms with van der Waals surface area (Å²) in [4.78, 5) is 33.5. The number of hydrogen-bond acceptors (Lipinski definition) is 7. The van der Waals surface area contributed by atoms with Gasteiger partial charge in [0.05, 0.1) is 26.2 Å². The Hall–Kier alpha value is -3.82. The summed E-state index contributed by atoms with van der Waals surface area (Å²) in [6.07, 6.45) is 3.81. The fourth-order valence-electron chi connectivity index (χ4n) is 3.91. The Bertz CT molecular complexity index is 1430. The van der Waals surface area contributed by atoms with Crippen molar-refractivity contribution in [2.24, 2.45) is 4.99 Å². The molecule has 2 heterocycles. The molecule has 5 rings (SSSR count). The molecule has 0 saturated carbocycles. The largest absolute Gasteiger partial charge is 0.338 e. The van der Waals surface area contributed by atoms with Crippen LogP contribution in [0.25, 0.3) is 11.1 Å². The van der Waals surface area contributed by atoms with Crippen molar-refractivity contribution in [2.45, 2.75) is 11.8 Å². The van der Waals surface area contributed by atoms with Crippen LogP contribution in [-0.4, -0.2) is 34.5 Å². The van der Waals surface area contributed by atoms with Crippen LogP contribution in [-0.2, 0) is 4.79 Å². The summed E-state index contributed by atoms with van der Waals surface area (Å²) >= 11 is 2.98. The molecule has 0 aliphatic carbocycles. The number of carbonyl (C=O) groups is 1. The van der Waals surface area contributed by atoms with Gasteiger partial charge in [-0.2, -0.15) is 0 Å². The first-order valence-corrected chi connectivity index (χ1v) is 12.9. The number of anilines is 1. The topological polar surface area (TPSA) is 79.0 Å². The zero-order valence-electron chi connectivity index (χ0n) is 19.6. The average molecular weight is 515 g/mol. The average Bonchev–Trinajstić information content (AvgIpc) is 3.38. The summed E-state index contributed by atoms with van der Waals surface area (Å²) < 4.78 is 0. The maximum Gasteiger partial charge on any atom is 0.269 e. The number of fused-ring (bicyclic) bond motifs is 1. The van der Waals surface area contributed by atoms with E-state index >= 15 is 0 Å². The lowest BCUT2D eigenvalue weighted by molar-refractivity contribution is -0.384. The van der Waals surface area contributed by atoms with Crippen molar-refractivity contribution in [1.82, 2.24) is 4.90 Å². The normalized spacial score (nSPS) is 18.5. The first-order chi connectivity index (χ1) is 17.4. The van der Waals surface area contributed by atoms with Crippen molar-refractivity contribution >= 4 is 51.7 Å². The number of nitro groups is 1. The van der Waals surface area contributed by atoms with Gasteiger partial charge < -0.3 is 4.90 Å². The zero-order chi connectivity index (χ0) is 25.2. The Labute approximate surface area is 217 Å². The lowest BCUT2D eigenvalue weighted by atomic mass is 10.1. The third-order valence-corrected chi connectivity index (χ3v) is 8.05. The van der Waals surface area contributed by atoms with Crippen LogP contribution in [0.5, 0.6) is 0 Å². The number of hydrogen-bond donors (Lipinski definition) is 0. The quantitative estimate of drug-likeness (QED) is 0.211. The minimum atomic E-state index is -0.448. The number of likely N-dealkylation sites (N-methyl/N-ethyl adjacent to an activating group) is 1. The molecule has 3 aromatic rings. The van der Waals surface area contributed by atoms with Gasteiger partial charge in [0, 0.05) is 30.6 Å². The smallest absolute Gasteiger partial charge is 0.269 e. The molecule has 0 atom stereocenters. The van der Waals surface area contributed by atoms with Gasteiger partial charge in [-0.15, -0.1) is 0 Å². The third-order valence-electron chi connectivity index (χ3n) is 5.84. The van der Waals surface area contributed by atoms with E-state index in [1.54, 1.807) is 28.8 Å². The van der Waals surface area contributed by atoms with Crippen LogP contribution in [0.15, 0.2) is 105 Å². The number of thioether (sulfide) groups is 2. The number of nitrogens with zero attached hydrogens (tertiary/aromatic N) is 4. The van der Waals surface area contributed by atoms with Crippen LogP contribution in [0.1, 0.15) is 6.92 Å². The Kier molecular flexibility index (Phi) is 6.67. The maximum atomic E-state index is 13.0. The highest BCUT2D eigenvalue weighted by Gasteiger charge is 2.32. The summed E-state index contributed by atoms with van der Waals surface area (Å²) in [5.41, 5.74) is 4.03. The van der Waals surface area contributed by atoms with Gasteiger partial charge in [0.2, 0.25) is 0 Å². The first-order valence-electron chi connectivity index (χ1n) is 11.3. The van der Waals surface area contributed by atoms with Crippen LogP contribution in [0, 0.1) is 10.1 Å². The van der Waals surface area contributed by atoms with Gasteiger partial charge in [0.1, 0.15) is 0 Å². The second-order valence-electron chi connectivity index (χ2n) is 8.06. The number of non-ortho nitro benzene ring substituents is 1. The highest BCUT2D eigenvalue weighted by atomic mass is 32.2. The molecule has 1 saturated heterocycles. The number of rotatable bonds is 5. The summed E-state index contributed by atoms with van der Waals surface area (Å²) in [5.74, 6) is -0.102. The van der Waals surface area contributed by atoms with Crippen LogP contribution in [0.3, 0.4) is 0 Å². The zero-order valence-corrected chi connectivity index (χ0v) is 21.3. The molecule has 2 aliphatic rings. The molecular formula is C27H22N4O3S2. The van der Waals surface area contributed by atoms with Gasteiger partial charge in [-0.05, 0) is 66.2 Å². The van der Waals surface area contributed by atoms with Crippen molar-refractivity contribution in [3.05, 3.63) is 105 Å². The minimum absolute atomic E-state index is 0.00345. The number of amidine groups is 1. The van der Waals surface area contributed by atoms with Crippen molar-refractivity contribution in [3.8, 4) is 11.1 Å². The highest BCUT2D eigenvalue weighted by Crippen LogP contribution is 2.46. The summed E-state index contributed by atoms with van der Waals surface area (Å²) in [6, 6.07) is 22.7. The van der Waals surface area contributed by atoms with Gasteiger partial charge in [-0.3, -0.25) is 19.8 Å². The molecule has 0 unspecified atom stereocenters. The van der Waals surface area contributed by atoms with E-state index in [4.69, 9.17) is 0 Å². The molecule has 7 nitrogen and oxygen atoms in total. The van der Waals surface area contributed by atoms with Crippen LogP contribution >= 0.6 is 23.5 Å². The van der Waals surface area contributed by atoms with Crippen LogP contribution < -0.4 is 4.90 Å². The molecule has 36 heavy (non-hydrogen) atoms. The molecule has 1 fully saturated rings. The SMILES string of the molecule is CCN1C(=O)/C(=C\C=C2/Sc3ccc(-c4ccccc4)cc3N2C)SC1=Nc1ccc([N+](=O)[O-])cc1. The summed E-state index contributed by atoms with van der Waals surface area (Å²) in [5, 5.41) is 12.5. The number of benzene rings is 3. The van der Waals surface area contributed by atoms with Gasteiger partial charge >= 0.3 is 0 Å². The molecular weight excluding hydrogens is 492 g/mol. The number of amides is 1. The van der Waals surface area contributed by atoms with Crippen molar-refractivity contribution in [2.75, 3.05) is 18.5 Å².